The molecule has 0 aromatic carbocycles. The number of aryl methyl sites for hydroxylation is 2. The number of primary amides is 1. The van der Waals surface area contributed by atoms with E-state index in [1.54, 1.807) is 0 Å². The number of likely N-dealkylation sites (tertiary alicyclic amines) is 1. The highest BCUT2D eigenvalue weighted by Gasteiger charge is 2.46. The molecule has 2 amide bonds. The van der Waals surface area contributed by atoms with E-state index in [0.29, 0.717) is 0 Å². The van der Waals surface area contributed by atoms with Crippen molar-refractivity contribution < 1.29 is 9.18 Å². The Morgan fingerprint density at radius 3 is 2.76 bits per heavy atom. The van der Waals surface area contributed by atoms with Crippen LogP contribution >= 0.6 is 11.3 Å². The molecular weight excluding hydrogens is 387 g/mol. The van der Waals surface area contributed by atoms with Crippen molar-refractivity contribution in [3.8, 4) is 0 Å². The highest BCUT2D eigenvalue weighted by Crippen LogP contribution is 2.43. The molecule has 1 aliphatic heterocycles. The third-order valence-electron chi connectivity index (χ3n) is 6.57. The summed E-state index contributed by atoms with van der Waals surface area (Å²) in [6.07, 6.45) is 4.56. The molecule has 1 fully saturated rings. The molecule has 1 saturated heterocycles. The largest absolute Gasteiger partial charge is 0.352 e. The Kier molecular flexibility index (Phi) is 6.29. The summed E-state index contributed by atoms with van der Waals surface area (Å²) in [7, 11) is 0. The third kappa shape index (κ3) is 4.78. The summed E-state index contributed by atoms with van der Waals surface area (Å²) < 4.78 is 13.4. The van der Waals surface area contributed by atoms with E-state index in [0.717, 1.165) is 42.9 Å². The van der Waals surface area contributed by atoms with Crippen LogP contribution in [0.2, 0.25) is 0 Å². The lowest BCUT2D eigenvalue weighted by Gasteiger charge is -2.40. The number of pyridine rings is 1. The first kappa shape index (κ1) is 21.7. The minimum atomic E-state index is -0.500. The van der Waals surface area contributed by atoms with Gasteiger partial charge in [-0.05, 0) is 77.3 Å². The molecule has 3 rings (SSSR count). The fraction of sp³-hybridized carbons (Fsp3) is 0.545. The zero-order valence-corrected chi connectivity index (χ0v) is 18.5. The summed E-state index contributed by atoms with van der Waals surface area (Å²) in [5, 5.41) is 2.76. The van der Waals surface area contributed by atoms with Crippen molar-refractivity contribution in [2.75, 3.05) is 13.1 Å². The molecule has 0 radical (unpaired) electrons. The topological polar surface area (TPSA) is 71.2 Å². The van der Waals surface area contributed by atoms with E-state index >= 15 is 0 Å². The second kappa shape index (κ2) is 8.40. The molecule has 0 saturated carbocycles. The van der Waals surface area contributed by atoms with Crippen LogP contribution in [0.4, 0.5) is 9.18 Å². The Morgan fingerprint density at radius 2 is 2.17 bits per heavy atom. The number of halogens is 1. The van der Waals surface area contributed by atoms with Crippen LogP contribution in [0.3, 0.4) is 0 Å². The average molecular weight is 419 g/mol. The van der Waals surface area contributed by atoms with Crippen molar-refractivity contribution in [1.29, 1.82) is 0 Å². The Morgan fingerprint density at radius 1 is 1.41 bits per heavy atom. The SMILES string of the molecule is Cc1ccc(C(C)(C)N2CC[C@@](CCc3ccc(F)s3)([C@H](C)NC(N)=O)C2)cn1. The van der Waals surface area contributed by atoms with Crippen LogP contribution < -0.4 is 11.1 Å². The number of urea groups is 1. The fourth-order valence-electron chi connectivity index (χ4n) is 4.38. The molecule has 0 unspecified atom stereocenters. The van der Waals surface area contributed by atoms with Gasteiger partial charge in [-0.25, -0.2) is 4.79 Å². The molecule has 2 aromatic rings. The first-order valence-electron chi connectivity index (χ1n) is 10.1. The van der Waals surface area contributed by atoms with Crippen molar-refractivity contribution >= 4 is 17.4 Å². The zero-order valence-electron chi connectivity index (χ0n) is 17.7. The molecule has 0 spiro atoms. The molecule has 2 atom stereocenters. The van der Waals surface area contributed by atoms with E-state index in [4.69, 9.17) is 5.73 Å². The maximum absolute atomic E-state index is 13.4. The number of amides is 2. The van der Waals surface area contributed by atoms with E-state index in [-0.39, 0.29) is 22.1 Å². The van der Waals surface area contributed by atoms with Gasteiger partial charge >= 0.3 is 6.03 Å². The summed E-state index contributed by atoms with van der Waals surface area (Å²) in [5.74, 6) is 0. The van der Waals surface area contributed by atoms with Gasteiger partial charge in [0.1, 0.15) is 0 Å². The van der Waals surface area contributed by atoms with Crippen LogP contribution in [-0.2, 0) is 12.0 Å². The second-order valence-electron chi connectivity index (χ2n) is 8.72. The predicted octanol–water partition coefficient (Wildman–Crippen LogP) is 4.21. The highest BCUT2D eigenvalue weighted by atomic mass is 32.1. The van der Waals surface area contributed by atoms with Gasteiger partial charge in [-0.1, -0.05) is 6.07 Å². The Labute approximate surface area is 176 Å². The maximum atomic E-state index is 13.4. The third-order valence-corrected chi connectivity index (χ3v) is 7.50. The monoisotopic (exact) mass is 418 g/mol. The molecule has 3 heterocycles. The van der Waals surface area contributed by atoms with Crippen LogP contribution in [0.25, 0.3) is 0 Å². The summed E-state index contributed by atoms with van der Waals surface area (Å²) in [4.78, 5) is 19.5. The first-order chi connectivity index (χ1) is 13.6. The van der Waals surface area contributed by atoms with E-state index in [1.165, 1.54) is 23.0 Å². The van der Waals surface area contributed by atoms with Crippen molar-refractivity contribution in [3.05, 3.63) is 51.7 Å². The molecule has 29 heavy (non-hydrogen) atoms. The second-order valence-corrected chi connectivity index (χ2v) is 9.84. The van der Waals surface area contributed by atoms with Crippen LogP contribution in [0.5, 0.6) is 0 Å². The molecule has 0 aliphatic carbocycles. The number of nitrogens with zero attached hydrogens (tertiary/aromatic N) is 2. The van der Waals surface area contributed by atoms with Gasteiger partial charge < -0.3 is 11.1 Å². The van der Waals surface area contributed by atoms with Gasteiger partial charge in [-0.2, -0.15) is 4.39 Å². The highest BCUT2D eigenvalue weighted by molar-refractivity contribution is 7.10. The summed E-state index contributed by atoms with van der Waals surface area (Å²) in [6, 6.07) is 6.99. The number of nitrogens with one attached hydrogen (secondary N) is 1. The van der Waals surface area contributed by atoms with Gasteiger partial charge in [0.15, 0.2) is 5.13 Å². The number of rotatable bonds is 7. The van der Waals surface area contributed by atoms with Crippen LogP contribution in [0.1, 0.15) is 49.7 Å². The zero-order chi connectivity index (χ0) is 21.2. The van der Waals surface area contributed by atoms with Crippen molar-refractivity contribution in [3.63, 3.8) is 0 Å². The van der Waals surface area contributed by atoms with Crippen LogP contribution in [-0.4, -0.2) is 35.0 Å². The Bertz CT molecular complexity index is 851. The van der Waals surface area contributed by atoms with E-state index in [9.17, 15) is 9.18 Å². The smallest absolute Gasteiger partial charge is 0.312 e. The number of aromatic nitrogens is 1. The summed E-state index contributed by atoms with van der Waals surface area (Å²) in [6.45, 7) is 10.2. The van der Waals surface area contributed by atoms with Gasteiger partial charge in [0, 0.05) is 40.3 Å². The molecule has 2 aromatic heterocycles. The Hall–Kier alpha value is -1.99. The minimum Gasteiger partial charge on any atom is -0.352 e. The van der Waals surface area contributed by atoms with Gasteiger partial charge in [0.2, 0.25) is 0 Å². The summed E-state index contributed by atoms with van der Waals surface area (Å²) in [5.41, 5.74) is 7.32. The number of thiophene rings is 1. The lowest BCUT2D eigenvalue weighted by molar-refractivity contribution is 0.113. The molecular formula is C22H31FN4OS. The molecule has 158 valence electrons. The van der Waals surface area contributed by atoms with E-state index in [1.807, 2.05) is 32.2 Å². The number of nitrogens with two attached hydrogens (primary N) is 1. The van der Waals surface area contributed by atoms with Crippen molar-refractivity contribution in [1.82, 2.24) is 15.2 Å². The van der Waals surface area contributed by atoms with Crippen LogP contribution in [0, 0.1) is 17.5 Å². The number of carbonyl (C=O) groups excluding carboxylic acids is 1. The van der Waals surface area contributed by atoms with Gasteiger partial charge in [-0.15, -0.1) is 11.3 Å². The number of hydrogen-bond acceptors (Lipinski definition) is 4. The van der Waals surface area contributed by atoms with Gasteiger partial charge in [-0.3, -0.25) is 9.88 Å². The normalized spacial score (nSPS) is 21.3. The van der Waals surface area contributed by atoms with E-state index in [2.05, 4.69) is 35.1 Å². The fourth-order valence-corrected chi connectivity index (χ4v) is 5.11. The molecule has 7 heteroatoms. The lowest BCUT2D eigenvalue weighted by Crippen LogP contribution is -2.50. The molecule has 5 nitrogen and oxygen atoms in total. The maximum Gasteiger partial charge on any atom is 0.312 e. The first-order valence-corrected chi connectivity index (χ1v) is 10.9. The molecule has 3 N–H and O–H groups in total. The molecule has 1 aliphatic rings. The number of hydrogen-bond donors (Lipinski definition) is 2. The summed E-state index contributed by atoms with van der Waals surface area (Å²) >= 11 is 1.20. The number of carbonyl (C=O) groups is 1. The lowest BCUT2D eigenvalue weighted by atomic mass is 9.75. The Balaban J connectivity index is 1.81. The molecule has 0 bridgehead atoms. The van der Waals surface area contributed by atoms with Gasteiger partial charge in [0.25, 0.3) is 0 Å². The average Bonchev–Trinajstić information content (AvgIpc) is 3.27. The quantitative estimate of drug-likeness (QED) is 0.708. The minimum absolute atomic E-state index is 0.0678. The van der Waals surface area contributed by atoms with Crippen LogP contribution in [0.15, 0.2) is 30.5 Å². The van der Waals surface area contributed by atoms with Crippen molar-refractivity contribution in [2.24, 2.45) is 11.1 Å². The van der Waals surface area contributed by atoms with Crippen molar-refractivity contribution in [2.45, 2.75) is 58.5 Å². The van der Waals surface area contributed by atoms with E-state index < -0.39 is 6.03 Å². The van der Waals surface area contributed by atoms with Gasteiger partial charge in [0.05, 0.1) is 0 Å². The standard InChI is InChI=1S/C22H31FN4OS/c1-15-5-6-17(13-25-15)21(3,4)27-12-11-22(14-27,16(2)26-20(24)28)10-9-18-7-8-19(23)29-18/h5-8,13,16H,9-12,14H2,1-4H3,(H3,24,26,28)/t16-,22+/m0/s1. The predicted molar refractivity (Wildman–Crippen MR) is 115 cm³/mol.